The molecule has 1 heterocycles. The monoisotopic (exact) mass is 506 g/mol. The van der Waals surface area contributed by atoms with Gasteiger partial charge in [-0.15, -0.1) is 0 Å². The molecule has 3 aromatic rings. The first kappa shape index (κ1) is 26.0. The van der Waals surface area contributed by atoms with Crippen LogP contribution in [0.25, 0.3) is 0 Å². The second kappa shape index (κ2) is 12.3. The van der Waals surface area contributed by atoms with Crippen LogP contribution >= 0.6 is 0 Å². The van der Waals surface area contributed by atoms with Gasteiger partial charge in [0.15, 0.2) is 18.5 Å². The van der Waals surface area contributed by atoms with Crippen molar-refractivity contribution in [3.63, 3.8) is 0 Å². The Hall–Kier alpha value is -4.05. The van der Waals surface area contributed by atoms with Crippen LogP contribution in [0.1, 0.15) is 31.1 Å². The Bertz CT molecular complexity index is 1180. The molecule has 0 aromatic heterocycles. The summed E-state index contributed by atoms with van der Waals surface area (Å²) >= 11 is 0. The summed E-state index contributed by atoms with van der Waals surface area (Å²) in [5.74, 6) is -2.08. The highest BCUT2D eigenvalue weighted by atomic mass is 16.7. The molecule has 3 aromatic carbocycles. The van der Waals surface area contributed by atoms with Crippen molar-refractivity contribution in [3.05, 3.63) is 108 Å². The number of hydrogen-bond acceptors (Lipinski definition) is 9. The summed E-state index contributed by atoms with van der Waals surface area (Å²) in [6.45, 7) is -0.317. The number of esters is 3. The third-order valence-corrected chi connectivity index (χ3v) is 5.77. The third-order valence-electron chi connectivity index (χ3n) is 5.77. The van der Waals surface area contributed by atoms with Gasteiger partial charge in [-0.25, -0.2) is 14.4 Å². The molecule has 0 aliphatic carbocycles. The molecule has 5 atom stereocenters. The summed E-state index contributed by atoms with van der Waals surface area (Å²) in [4.78, 5) is 38.1. The Labute approximate surface area is 213 Å². The second-order valence-corrected chi connectivity index (χ2v) is 8.20. The zero-order valence-corrected chi connectivity index (χ0v) is 20.0. The van der Waals surface area contributed by atoms with Crippen LogP contribution in [0.5, 0.6) is 0 Å². The van der Waals surface area contributed by atoms with E-state index in [4.69, 9.17) is 23.7 Å². The van der Waals surface area contributed by atoms with E-state index >= 15 is 0 Å². The first-order valence-corrected chi connectivity index (χ1v) is 11.6. The smallest absolute Gasteiger partial charge is 0.338 e. The zero-order chi connectivity index (χ0) is 26.2. The molecule has 9 heteroatoms. The molecule has 1 aliphatic rings. The van der Waals surface area contributed by atoms with Crippen LogP contribution < -0.4 is 0 Å². The van der Waals surface area contributed by atoms with Crippen molar-refractivity contribution >= 4 is 17.9 Å². The standard InChI is InChI=1S/C28H26O9/c1-33-22-21(17-34-25(29)18-11-5-2-6-12-18)35-28(32)24(37-27(31)20-15-9-4-10-16-20)23(22)36-26(30)19-13-7-3-8-14-19/h2-16,21-24,28,32H,17H2,1H3/t21-,22-,23+,24-,28+/m1/s1. The van der Waals surface area contributed by atoms with E-state index in [0.717, 1.165) is 0 Å². The molecule has 9 nitrogen and oxygen atoms in total. The summed E-state index contributed by atoms with van der Waals surface area (Å²) in [6, 6.07) is 24.7. The predicted octanol–water partition coefficient (Wildman–Crippen LogP) is 3.03. The highest BCUT2D eigenvalue weighted by Gasteiger charge is 2.51. The van der Waals surface area contributed by atoms with Crippen LogP contribution in [0.15, 0.2) is 91.0 Å². The van der Waals surface area contributed by atoms with E-state index in [1.54, 1.807) is 91.0 Å². The molecule has 4 rings (SSSR count). The third kappa shape index (κ3) is 6.39. The van der Waals surface area contributed by atoms with Gasteiger partial charge in [0, 0.05) is 7.11 Å². The number of aliphatic hydroxyl groups is 1. The molecule has 0 unspecified atom stereocenters. The Kier molecular flexibility index (Phi) is 8.63. The Morgan fingerprint density at radius 3 is 1.57 bits per heavy atom. The van der Waals surface area contributed by atoms with E-state index in [9.17, 15) is 19.5 Å². The number of aliphatic hydroxyl groups excluding tert-OH is 1. The highest BCUT2D eigenvalue weighted by Crippen LogP contribution is 2.29. The van der Waals surface area contributed by atoms with E-state index < -0.39 is 48.6 Å². The van der Waals surface area contributed by atoms with Crippen molar-refractivity contribution < 1.29 is 43.2 Å². The molecule has 0 amide bonds. The van der Waals surface area contributed by atoms with Gasteiger partial charge in [-0.2, -0.15) is 0 Å². The van der Waals surface area contributed by atoms with Crippen LogP contribution in [-0.4, -0.2) is 67.4 Å². The SMILES string of the molecule is CO[C@H]1[C@H](OC(=O)c2ccccc2)[C@@H](OC(=O)c2ccccc2)[C@@H](O)O[C@@H]1COC(=O)c1ccccc1. The first-order valence-electron chi connectivity index (χ1n) is 11.6. The van der Waals surface area contributed by atoms with Gasteiger partial charge in [0.1, 0.15) is 18.8 Å². The van der Waals surface area contributed by atoms with Crippen LogP contribution in [0.2, 0.25) is 0 Å². The van der Waals surface area contributed by atoms with Gasteiger partial charge >= 0.3 is 17.9 Å². The van der Waals surface area contributed by atoms with Crippen molar-refractivity contribution in [2.45, 2.75) is 30.7 Å². The molecule has 37 heavy (non-hydrogen) atoms. The summed E-state index contributed by atoms with van der Waals surface area (Å²) in [5, 5.41) is 10.8. The summed E-state index contributed by atoms with van der Waals surface area (Å²) in [7, 11) is 1.34. The largest absolute Gasteiger partial charge is 0.459 e. The molecular weight excluding hydrogens is 480 g/mol. The molecule has 1 saturated heterocycles. The van der Waals surface area contributed by atoms with Gasteiger partial charge in [-0.1, -0.05) is 54.6 Å². The van der Waals surface area contributed by atoms with Gasteiger partial charge < -0.3 is 28.8 Å². The highest BCUT2D eigenvalue weighted by molar-refractivity contribution is 5.90. The summed E-state index contributed by atoms with van der Waals surface area (Å²) < 4.78 is 27.8. The Morgan fingerprint density at radius 2 is 1.11 bits per heavy atom. The fraction of sp³-hybridized carbons (Fsp3) is 0.250. The van der Waals surface area contributed by atoms with E-state index in [1.807, 2.05) is 0 Å². The van der Waals surface area contributed by atoms with Crippen molar-refractivity contribution in [2.24, 2.45) is 0 Å². The Morgan fingerprint density at radius 1 is 0.676 bits per heavy atom. The van der Waals surface area contributed by atoms with Crippen LogP contribution in [0.3, 0.4) is 0 Å². The maximum Gasteiger partial charge on any atom is 0.338 e. The van der Waals surface area contributed by atoms with E-state index in [0.29, 0.717) is 5.56 Å². The molecule has 0 radical (unpaired) electrons. The van der Waals surface area contributed by atoms with Crippen molar-refractivity contribution in [2.75, 3.05) is 13.7 Å². The topological polar surface area (TPSA) is 118 Å². The van der Waals surface area contributed by atoms with E-state index in [2.05, 4.69) is 0 Å². The molecule has 1 fully saturated rings. The number of carbonyl (C=O) groups excluding carboxylic acids is 3. The molecule has 0 saturated carbocycles. The predicted molar refractivity (Wildman–Crippen MR) is 130 cm³/mol. The van der Waals surface area contributed by atoms with Crippen molar-refractivity contribution in [3.8, 4) is 0 Å². The van der Waals surface area contributed by atoms with Gasteiger partial charge in [-0.3, -0.25) is 0 Å². The lowest BCUT2D eigenvalue weighted by Gasteiger charge is -2.42. The minimum atomic E-state index is -1.70. The molecule has 1 aliphatic heterocycles. The molecule has 1 N–H and O–H groups in total. The fourth-order valence-electron chi connectivity index (χ4n) is 3.92. The maximum atomic E-state index is 12.9. The van der Waals surface area contributed by atoms with Crippen LogP contribution in [0, 0.1) is 0 Å². The van der Waals surface area contributed by atoms with Crippen LogP contribution in [-0.2, 0) is 23.7 Å². The van der Waals surface area contributed by atoms with Crippen LogP contribution in [0.4, 0.5) is 0 Å². The summed E-state index contributed by atoms with van der Waals surface area (Å²) in [5.41, 5.74) is 0.809. The van der Waals surface area contributed by atoms with Gasteiger partial charge in [-0.05, 0) is 36.4 Å². The lowest BCUT2D eigenvalue weighted by Crippen LogP contribution is -2.62. The van der Waals surface area contributed by atoms with Crippen molar-refractivity contribution in [1.82, 2.24) is 0 Å². The maximum absolute atomic E-state index is 12.9. The quantitative estimate of drug-likeness (QED) is 0.363. The number of hydrogen-bond donors (Lipinski definition) is 1. The van der Waals surface area contributed by atoms with Gasteiger partial charge in [0.05, 0.1) is 16.7 Å². The fourth-order valence-corrected chi connectivity index (χ4v) is 3.92. The minimum absolute atomic E-state index is 0.232. The normalized spacial score (nSPS) is 23.0. The number of benzene rings is 3. The molecule has 192 valence electrons. The number of carbonyl (C=O) groups is 3. The van der Waals surface area contributed by atoms with Crippen molar-refractivity contribution in [1.29, 1.82) is 0 Å². The van der Waals surface area contributed by atoms with Gasteiger partial charge in [0.25, 0.3) is 0 Å². The second-order valence-electron chi connectivity index (χ2n) is 8.20. The van der Waals surface area contributed by atoms with E-state index in [-0.39, 0.29) is 17.7 Å². The lowest BCUT2D eigenvalue weighted by molar-refractivity contribution is -0.288. The average molecular weight is 507 g/mol. The first-order chi connectivity index (χ1) is 18.0. The van der Waals surface area contributed by atoms with E-state index in [1.165, 1.54) is 7.11 Å². The zero-order valence-electron chi connectivity index (χ0n) is 20.0. The molecule has 0 bridgehead atoms. The number of rotatable bonds is 8. The number of methoxy groups -OCH3 is 1. The molecule has 0 spiro atoms. The minimum Gasteiger partial charge on any atom is -0.459 e. The Balaban J connectivity index is 1.55. The molecular formula is C28H26O9. The number of ether oxygens (including phenoxy) is 5. The average Bonchev–Trinajstić information content (AvgIpc) is 2.94. The summed E-state index contributed by atoms with van der Waals surface area (Å²) in [6.07, 6.45) is -6.49. The van der Waals surface area contributed by atoms with Gasteiger partial charge in [0.2, 0.25) is 0 Å². The lowest BCUT2D eigenvalue weighted by atomic mass is 9.98.